The first-order chi connectivity index (χ1) is 8.00. The van der Waals surface area contributed by atoms with Gasteiger partial charge in [0.25, 0.3) is 5.56 Å². The molecule has 2 N–H and O–H groups in total. The number of nitrogens with zero attached hydrogens (tertiary/aromatic N) is 1. The van der Waals surface area contributed by atoms with Gasteiger partial charge in [-0.1, -0.05) is 6.42 Å². The summed E-state index contributed by atoms with van der Waals surface area (Å²) in [7, 11) is 0. The maximum Gasteiger partial charge on any atom is 0.303 e. The van der Waals surface area contributed by atoms with Crippen molar-refractivity contribution in [2.24, 2.45) is 0 Å². The van der Waals surface area contributed by atoms with Crippen molar-refractivity contribution >= 4 is 5.97 Å². The molecule has 0 amide bonds. The summed E-state index contributed by atoms with van der Waals surface area (Å²) in [6, 6.07) is 2.73. The van der Waals surface area contributed by atoms with Crippen molar-refractivity contribution in [2.75, 3.05) is 0 Å². The van der Waals surface area contributed by atoms with Crippen LogP contribution in [0.3, 0.4) is 0 Å². The molecule has 1 heterocycles. The highest BCUT2D eigenvalue weighted by Gasteiger charge is 2.03. The molecular formula is C12H17NO4. The minimum Gasteiger partial charge on any atom is -0.508 e. The summed E-state index contributed by atoms with van der Waals surface area (Å²) in [5.74, 6) is -0.808. The molecule has 0 atom stereocenters. The van der Waals surface area contributed by atoms with E-state index in [0.717, 1.165) is 12.8 Å². The lowest BCUT2D eigenvalue weighted by Crippen LogP contribution is -2.21. The van der Waals surface area contributed by atoms with Gasteiger partial charge in [0.1, 0.15) is 5.75 Å². The summed E-state index contributed by atoms with van der Waals surface area (Å²) < 4.78 is 1.58. The van der Waals surface area contributed by atoms with Gasteiger partial charge >= 0.3 is 5.97 Å². The van der Waals surface area contributed by atoms with E-state index in [1.165, 1.54) is 6.07 Å². The number of pyridine rings is 1. The Hall–Kier alpha value is -1.78. The number of rotatable bonds is 6. The highest BCUT2D eigenvalue weighted by molar-refractivity contribution is 5.66. The summed E-state index contributed by atoms with van der Waals surface area (Å²) in [6.45, 7) is 2.32. The van der Waals surface area contributed by atoms with E-state index in [0.29, 0.717) is 18.7 Å². The van der Waals surface area contributed by atoms with Gasteiger partial charge < -0.3 is 14.8 Å². The molecule has 0 unspecified atom stereocenters. The summed E-state index contributed by atoms with van der Waals surface area (Å²) in [5.41, 5.74) is 0.494. The first kappa shape index (κ1) is 13.3. The van der Waals surface area contributed by atoms with Crippen molar-refractivity contribution in [3.8, 4) is 5.75 Å². The van der Waals surface area contributed by atoms with E-state index < -0.39 is 5.97 Å². The summed E-state index contributed by atoms with van der Waals surface area (Å²) in [6.07, 6.45) is 2.34. The Kier molecular flexibility index (Phi) is 4.75. The molecule has 0 aliphatic heterocycles. The molecule has 1 aromatic heterocycles. The molecule has 0 aliphatic carbocycles. The number of carboxylic acids is 1. The second-order valence-electron chi connectivity index (χ2n) is 4.05. The average Bonchev–Trinajstić information content (AvgIpc) is 2.20. The van der Waals surface area contributed by atoms with Gasteiger partial charge in [-0.15, -0.1) is 0 Å². The predicted octanol–water partition coefficient (Wildman–Crippen LogP) is 1.51. The Balaban J connectivity index is 2.47. The van der Waals surface area contributed by atoms with E-state index in [1.807, 2.05) is 0 Å². The number of aromatic hydroxyl groups is 1. The maximum atomic E-state index is 11.5. The van der Waals surface area contributed by atoms with E-state index in [9.17, 15) is 14.7 Å². The molecule has 5 nitrogen and oxygen atoms in total. The third kappa shape index (κ3) is 4.30. The summed E-state index contributed by atoms with van der Waals surface area (Å²) in [4.78, 5) is 21.8. The summed E-state index contributed by atoms with van der Waals surface area (Å²) >= 11 is 0. The quantitative estimate of drug-likeness (QED) is 0.737. The number of aliphatic carboxylic acids is 1. The Labute approximate surface area is 99.3 Å². The number of unbranched alkanes of at least 4 members (excludes halogenated alkanes) is 2. The first-order valence-corrected chi connectivity index (χ1v) is 5.63. The van der Waals surface area contributed by atoms with Crippen LogP contribution in [0.15, 0.2) is 16.9 Å². The van der Waals surface area contributed by atoms with Crippen molar-refractivity contribution in [3.63, 3.8) is 0 Å². The Morgan fingerprint density at radius 3 is 2.59 bits per heavy atom. The van der Waals surface area contributed by atoms with Crippen molar-refractivity contribution in [3.05, 3.63) is 28.2 Å². The normalized spacial score (nSPS) is 10.4. The minimum atomic E-state index is -0.789. The zero-order valence-corrected chi connectivity index (χ0v) is 9.85. The molecule has 0 saturated carbocycles. The zero-order chi connectivity index (χ0) is 12.8. The number of carboxylic acid groups (broad SMARTS) is 1. The third-order valence-electron chi connectivity index (χ3n) is 2.59. The van der Waals surface area contributed by atoms with Gasteiger partial charge in [-0.3, -0.25) is 9.59 Å². The first-order valence-electron chi connectivity index (χ1n) is 5.63. The number of aryl methyl sites for hydroxylation is 1. The van der Waals surface area contributed by atoms with Gasteiger partial charge in [0, 0.05) is 24.7 Å². The van der Waals surface area contributed by atoms with Gasteiger partial charge in [-0.25, -0.2) is 0 Å². The van der Waals surface area contributed by atoms with Crippen LogP contribution in [0.2, 0.25) is 0 Å². The molecule has 94 valence electrons. The molecule has 1 rings (SSSR count). The van der Waals surface area contributed by atoms with E-state index in [-0.39, 0.29) is 17.7 Å². The lowest BCUT2D eigenvalue weighted by atomic mass is 10.2. The number of hydrogen-bond acceptors (Lipinski definition) is 3. The Morgan fingerprint density at radius 1 is 1.29 bits per heavy atom. The minimum absolute atomic E-state index is 0.0189. The molecule has 0 bridgehead atoms. The van der Waals surface area contributed by atoms with Gasteiger partial charge in [-0.05, 0) is 25.8 Å². The fourth-order valence-corrected chi connectivity index (χ4v) is 1.72. The Morgan fingerprint density at radius 2 is 2.00 bits per heavy atom. The van der Waals surface area contributed by atoms with E-state index >= 15 is 0 Å². The predicted molar refractivity (Wildman–Crippen MR) is 63.2 cm³/mol. The average molecular weight is 239 g/mol. The van der Waals surface area contributed by atoms with Crippen LogP contribution >= 0.6 is 0 Å². The SMILES string of the molecule is Cc1cc(O)cc(=O)n1CCCCCC(=O)O. The van der Waals surface area contributed by atoms with Crippen LogP contribution in [0.5, 0.6) is 5.75 Å². The highest BCUT2D eigenvalue weighted by Crippen LogP contribution is 2.08. The monoisotopic (exact) mass is 239 g/mol. The molecule has 5 heteroatoms. The van der Waals surface area contributed by atoms with Crippen LogP contribution < -0.4 is 5.56 Å². The molecule has 0 saturated heterocycles. The molecule has 1 aromatic rings. The Bertz CT molecular complexity index is 450. The van der Waals surface area contributed by atoms with E-state index in [1.54, 1.807) is 17.6 Å². The second-order valence-corrected chi connectivity index (χ2v) is 4.05. The van der Waals surface area contributed by atoms with Gasteiger partial charge in [0.05, 0.1) is 0 Å². The topological polar surface area (TPSA) is 79.5 Å². The van der Waals surface area contributed by atoms with E-state index in [2.05, 4.69) is 0 Å². The van der Waals surface area contributed by atoms with Crippen molar-refractivity contribution < 1.29 is 15.0 Å². The number of carbonyl (C=O) groups is 1. The second kappa shape index (κ2) is 6.08. The number of hydrogen-bond donors (Lipinski definition) is 2. The fraction of sp³-hybridized carbons (Fsp3) is 0.500. The molecule has 0 spiro atoms. The molecule has 0 fully saturated rings. The molecule has 0 radical (unpaired) electrons. The van der Waals surface area contributed by atoms with Gasteiger partial charge in [-0.2, -0.15) is 0 Å². The molecular weight excluding hydrogens is 222 g/mol. The van der Waals surface area contributed by atoms with Crippen molar-refractivity contribution in [1.29, 1.82) is 0 Å². The van der Waals surface area contributed by atoms with Crippen LogP contribution in [0, 0.1) is 6.92 Å². The van der Waals surface area contributed by atoms with Crippen LogP contribution in [-0.4, -0.2) is 20.7 Å². The van der Waals surface area contributed by atoms with Crippen LogP contribution in [0.1, 0.15) is 31.4 Å². The van der Waals surface area contributed by atoms with Crippen LogP contribution in [-0.2, 0) is 11.3 Å². The standard InChI is InChI=1S/C12H17NO4/c1-9-7-10(14)8-11(15)13(9)6-4-2-3-5-12(16)17/h7-8,14H,2-6H2,1H3,(H,16,17). The zero-order valence-electron chi connectivity index (χ0n) is 9.85. The third-order valence-corrected chi connectivity index (χ3v) is 2.59. The molecule has 17 heavy (non-hydrogen) atoms. The number of aromatic nitrogens is 1. The van der Waals surface area contributed by atoms with Crippen LogP contribution in [0.25, 0.3) is 0 Å². The van der Waals surface area contributed by atoms with E-state index in [4.69, 9.17) is 5.11 Å². The molecule has 0 aromatic carbocycles. The van der Waals surface area contributed by atoms with Crippen molar-refractivity contribution in [1.82, 2.24) is 4.57 Å². The lowest BCUT2D eigenvalue weighted by molar-refractivity contribution is -0.137. The van der Waals surface area contributed by atoms with Crippen molar-refractivity contribution in [2.45, 2.75) is 39.2 Å². The van der Waals surface area contributed by atoms with Crippen LogP contribution in [0.4, 0.5) is 0 Å². The van der Waals surface area contributed by atoms with Gasteiger partial charge in [0.15, 0.2) is 0 Å². The smallest absolute Gasteiger partial charge is 0.303 e. The lowest BCUT2D eigenvalue weighted by Gasteiger charge is -2.09. The maximum absolute atomic E-state index is 11.5. The largest absolute Gasteiger partial charge is 0.508 e. The molecule has 0 aliphatic rings. The highest BCUT2D eigenvalue weighted by atomic mass is 16.4. The summed E-state index contributed by atoms with van der Waals surface area (Å²) in [5, 5.41) is 17.7. The fourth-order valence-electron chi connectivity index (χ4n) is 1.72. The van der Waals surface area contributed by atoms with Gasteiger partial charge in [0.2, 0.25) is 0 Å².